The molecule has 0 radical (unpaired) electrons. The van der Waals surface area contributed by atoms with E-state index in [1.807, 2.05) is 0 Å². The van der Waals surface area contributed by atoms with Crippen LogP contribution in [0.2, 0.25) is 0 Å². The molecule has 0 N–H and O–H groups in total. The minimum atomic E-state index is -5.08. The number of nitriles is 1. The minimum Gasteiger partial charge on any atom is -0.247 e. The van der Waals surface area contributed by atoms with Gasteiger partial charge in [0.1, 0.15) is 6.07 Å². The molecule has 1 aromatic heterocycles. The fourth-order valence-corrected chi connectivity index (χ4v) is 1.04. The molecule has 0 fully saturated rings. The van der Waals surface area contributed by atoms with Crippen LogP contribution in [0, 0.1) is 17.1 Å². The molecule has 16 heavy (non-hydrogen) atoms. The van der Waals surface area contributed by atoms with Gasteiger partial charge >= 0.3 is 6.18 Å². The number of hydrogen-bond donors (Lipinski definition) is 0. The van der Waals surface area contributed by atoms with Crippen LogP contribution in [0.4, 0.5) is 26.3 Å². The van der Waals surface area contributed by atoms with Gasteiger partial charge < -0.3 is 0 Å². The Hall–Kier alpha value is -1.78. The van der Waals surface area contributed by atoms with Crippen LogP contribution >= 0.6 is 0 Å². The predicted octanol–water partition coefficient (Wildman–Crippen LogP) is 3.05. The van der Waals surface area contributed by atoms with Gasteiger partial charge in [-0.05, 0) is 0 Å². The highest BCUT2D eigenvalue weighted by atomic mass is 19.4. The predicted molar refractivity (Wildman–Crippen MR) is 38.9 cm³/mol. The van der Waals surface area contributed by atoms with Crippen LogP contribution in [-0.2, 0) is 6.18 Å². The maximum Gasteiger partial charge on any atom is 0.434 e. The molecule has 0 bridgehead atoms. The lowest BCUT2D eigenvalue weighted by atomic mass is 10.1. The van der Waals surface area contributed by atoms with Crippen molar-refractivity contribution < 1.29 is 26.3 Å². The average Bonchev–Trinajstić information content (AvgIpc) is 2.14. The lowest BCUT2D eigenvalue weighted by Crippen LogP contribution is -2.14. The third kappa shape index (κ3) is 2.08. The number of nitrogens with zero attached hydrogens (tertiary/aromatic N) is 2. The summed E-state index contributed by atoms with van der Waals surface area (Å²) in [5.74, 6) is -1.64. The molecule has 2 nitrogen and oxygen atoms in total. The van der Waals surface area contributed by atoms with Crippen molar-refractivity contribution in [2.45, 2.75) is 12.6 Å². The molecule has 0 aromatic carbocycles. The largest absolute Gasteiger partial charge is 0.434 e. The Balaban J connectivity index is 3.58. The van der Waals surface area contributed by atoms with Crippen molar-refractivity contribution in [2.24, 2.45) is 0 Å². The monoisotopic (exact) mass is 240 g/mol. The standard InChI is InChI=1S/C8H2F6N2/c9-4-2-16-6(8(12,13)14)3(1-15)5(4)7(10)11/h2,7H. The van der Waals surface area contributed by atoms with Crippen molar-refractivity contribution >= 4 is 0 Å². The number of alkyl halides is 5. The molecular weight excluding hydrogens is 238 g/mol. The molecule has 0 saturated carbocycles. The molecule has 1 rings (SSSR count). The third-order valence-electron chi connectivity index (χ3n) is 1.67. The van der Waals surface area contributed by atoms with E-state index in [4.69, 9.17) is 5.26 Å². The average molecular weight is 240 g/mol. The SMILES string of the molecule is N#Cc1c(C(F)(F)F)ncc(F)c1C(F)F. The number of pyridine rings is 1. The molecule has 0 amide bonds. The first-order valence-corrected chi connectivity index (χ1v) is 3.73. The second-order valence-electron chi connectivity index (χ2n) is 2.65. The lowest BCUT2D eigenvalue weighted by molar-refractivity contribution is -0.141. The Labute approximate surface area is 85.1 Å². The van der Waals surface area contributed by atoms with Gasteiger partial charge in [-0.25, -0.2) is 18.2 Å². The van der Waals surface area contributed by atoms with Gasteiger partial charge in [-0.15, -0.1) is 0 Å². The van der Waals surface area contributed by atoms with Crippen molar-refractivity contribution in [3.05, 3.63) is 28.8 Å². The first kappa shape index (κ1) is 12.3. The van der Waals surface area contributed by atoms with E-state index in [0.29, 0.717) is 0 Å². The number of aromatic nitrogens is 1. The van der Waals surface area contributed by atoms with E-state index in [1.165, 1.54) is 0 Å². The van der Waals surface area contributed by atoms with E-state index in [1.54, 1.807) is 0 Å². The van der Waals surface area contributed by atoms with Crippen LogP contribution in [0.25, 0.3) is 0 Å². The molecule has 0 atom stereocenters. The molecule has 0 aliphatic carbocycles. The van der Waals surface area contributed by atoms with Crippen molar-refractivity contribution in [1.82, 2.24) is 4.98 Å². The molecule has 8 heteroatoms. The summed E-state index contributed by atoms with van der Waals surface area (Å²) in [6.45, 7) is 0. The molecular formula is C8H2F6N2. The zero-order chi connectivity index (χ0) is 12.5. The minimum absolute atomic E-state index is 0.0190. The van der Waals surface area contributed by atoms with Crippen molar-refractivity contribution in [3.8, 4) is 6.07 Å². The highest BCUT2D eigenvalue weighted by molar-refractivity contribution is 5.43. The van der Waals surface area contributed by atoms with Gasteiger partial charge in [0.25, 0.3) is 6.43 Å². The summed E-state index contributed by atoms with van der Waals surface area (Å²) < 4.78 is 74.0. The van der Waals surface area contributed by atoms with Crippen LogP contribution in [0.1, 0.15) is 23.2 Å². The summed E-state index contributed by atoms with van der Waals surface area (Å²) in [7, 11) is 0. The van der Waals surface area contributed by atoms with Gasteiger partial charge in [0.2, 0.25) is 0 Å². The van der Waals surface area contributed by atoms with Crippen LogP contribution in [0.3, 0.4) is 0 Å². The van der Waals surface area contributed by atoms with Gasteiger partial charge in [-0.1, -0.05) is 0 Å². The van der Waals surface area contributed by atoms with E-state index < -0.39 is 35.2 Å². The van der Waals surface area contributed by atoms with Crippen LogP contribution in [0.5, 0.6) is 0 Å². The van der Waals surface area contributed by atoms with Gasteiger partial charge in [-0.2, -0.15) is 18.4 Å². The smallest absolute Gasteiger partial charge is 0.247 e. The first-order chi connectivity index (χ1) is 7.29. The Morgan fingerprint density at radius 1 is 1.31 bits per heavy atom. The van der Waals surface area contributed by atoms with Gasteiger partial charge in [-0.3, -0.25) is 0 Å². The number of halogens is 6. The maximum atomic E-state index is 12.8. The van der Waals surface area contributed by atoms with Crippen LogP contribution < -0.4 is 0 Å². The number of hydrogen-bond acceptors (Lipinski definition) is 2. The van der Waals surface area contributed by atoms with Crippen molar-refractivity contribution in [1.29, 1.82) is 5.26 Å². The molecule has 0 aliphatic rings. The number of rotatable bonds is 1. The second kappa shape index (κ2) is 4.00. The van der Waals surface area contributed by atoms with Crippen molar-refractivity contribution in [2.75, 3.05) is 0 Å². The summed E-state index contributed by atoms with van der Waals surface area (Å²) in [5, 5.41) is 8.35. The fraction of sp³-hybridized carbons (Fsp3) is 0.250. The lowest BCUT2D eigenvalue weighted by Gasteiger charge is -2.11. The van der Waals surface area contributed by atoms with E-state index in [9.17, 15) is 26.3 Å². The summed E-state index contributed by atoms with van der Waals surface area (Å²) in [6, 6.07) is 0.890. The molecule has 0 spiro atoms. The molecule has 86 valence electrons. The quantitative estimate of drug-likeness (QED) is 0.707. The Kier molecular flexibility index (Phi) is 3.07. The van der Waals surface area contributed by atoms with E-state index in [0.717, 1.165) is 6.07 Å². The second-order valence-corrected chi connectivity index (χ2v) is 2.65. The summed E-state index contributed by atoms with van der Waals surface area (Å²) in [5.41, 5.74) is -4.88. The normalized spacial score (nSPS) is 11.6. The summed E-state index contributed by atoms with van der Waals surface area (Å²) >= 11 is 0. The highest BCUT2D eigenvalue weighted by Gasteiger charge is 2.38. The van der Waals surface area contributed by atoms with Crippen LogP contribution in [-0.4, -0.2) is 4.98 Å². The molecule has 1 heterocycles. The highest BCUT2D eigenvalue weighted by Crippen LogP contribution is 2.35. The van der Waals surface area contributed by atoms with Gasteiger partial charge in [0.15, 0.2) is 11.5 Å². The van der Waals surface area contributed by atoms with Gasteiger partial charge in [0, 0.05) is 0 Å². The van der Waals surface area contributed by atoms with E-state index in [2.05, 4.69) is 4.98 Å². The Morgan fingerprint density at radius 3 is 2.25 bits per heavy atom. The first-order valence-electron chi connectivity index (χ1n) is 3.73. The van der Waals surface area contributed by atoms with Gasteiger partial charge in [0.05, 0.1) is 17.3 Å². The molecule has 0 unspecified atom stereocenters. The topological polar surface area (TPSA) is 36.7 Å². The zero-order valence-corrected chi connectivity index (χ0v) is 7.32. The summed E-state index contributed by atoms with van der Waals surface area (Å²) in [4.78, 5) is 2.61. The summed E-state index contributed by atoms with van der Waals surface area (Å²) in [6.07, 6.45) is -8.58. The van der Waals surface area contributed by atoms with E-state index >= 15 is 0 Å². The Bertz CT molecular complexity index is 445. The van der Waals surface area contributed by atoms with E-state index in [-0.39, 0.29) is 6.20 Å². The molecule has 0 saturated heterocycles. The zero-order valence-electron chi connectivity index (χ0n) is 7.32. The fourth-order valence-electron chi connectivity index (χ4n) is 1.04. The molecule has 0 aliphatic heterocycles. The molecule has 1 aromatic rings. The van der Waals surface area contributed by atoms with Crippen molar-refractivity contribution in [3.63, 3.8) is 0 Å². The Morgan fingerprint density at radius 2 is 1.88 bits per heavy atom. The third-order valence-corrected chi connectivity index (χ3v) is 1.67. The maximum absolute atomic E-state index is 12.8. The van der Waals surface area contributed by atoms with Crippen LogP contribution in [0.15, 0.2) is 6.20 Å².